The normalized spacial score (nSPS) is 14.2. The van der Waals surface area contributed by atoms with Crippen molar-refractivity contribution in [2.24, 2.45) is 0 Å². The standard InChI is InChI=1S/C17H17ClFNO/c18-16-2-1-3-17(19)15(16)11-21-14-8-4-12(5-9-14)10-20-13-6-7-13/h1-5,8-9,13,20H,6-7,10-11H2. The number of benzene rings is 2. The Morgan fingerprint density at radius 3 is 2.57 bits per heavy atom. The van der Waals surface area contributed by atoms with Gasteiger partial charge in [-0.2, -0.15) is 0 Å². The van der Waals surface area contributed by atoms with Crippen LogP contribution in [0.5, 0.6) is 5.75 Å². The SMILES string of the molecule is Fc1cccc(Cl)c1COc1ccc(CNC2CC2)cc1. The molecule has 3 rings (SSSR count). The van der Waals surface area contributed by atoms with E-state index in [-0.39, 0.29) is 12.4 Å². The van der Waals surface area contributed by atoms with Crippen molar-refractivity contribution in [3.05, 3.63) is 64.4 Å². The van der Waals surface area contributed by atoms with Crippen molar-refractivity contribution in [3.63, 3.8) is 0 Å². The van der Waals surface area contributed by atoms with E-state index in [1.807, 2.05) is 24.3 Å². The summed E-state index contributed by atoms with van der Waals surface area (Å²) in [5, 5.41) is 3.85. The minimum atomic E-state index is -0.340. The first-order chi connectivity index (χ1) is 10.2. The number of hydrogen-bond donors (Lipinski definition) is 1. The van der Waals surface area contributed by atoms with Gasteiger partial charge in [0, 0.05) is 18.2 Å². The summed E-state index contributed by atoms with van der Waals surface area (Å²) in [6.45, 7) is 1.01. The lowest BCUT2D eigenvalue weighted by molar-refractivity contribution is 0.300. The van der Waals surface area contributed by atoms with Gasteiger partial charge in [0.05, 0.1) is 5.02 Å². The zero-order valence-electron chi connectivity index (χ0n) is 11.6. The Balaban J connectivity index is 1.57. The highest BCUT2D eigenvalue weighted by molar-refractivity contribution is 6.31. The van der Waals surface area contributed by atoms with Crippen molar-refractivity contribution in [2.45, 2.75) is 32.0 Å². The first-order valence-corrected chi connectivity index (χ1v) is 7.48. The lowest BCUT2D eigenvalue weighted by atomic mass is 10.2. The van der Waals surface area contributed by atoms with Gasteiger partial charge in [0.2, 0.25) is 0 Å². The van der Waals surface area contributed by atoms with Crippen molar-refractivity contribution in [1.29, 1.82) is 0 Å². The minimum Gasteiger partial charge on any atom is -0.489 e. The van der Waals surface area contributed by atoms with Gasteiger partial charge >= 0.3 is 0 Å². The summed E-state index contributed by atoms with van der Waals surface area (Å²) < 4.78 is 19.2. The van der Waals surface area contributed by atoms with Gasteiger partial charge in [0.15, 0.2) is 0 Å². The zero-order chi connectivity index (χ0) is 14.7. The van der Waals surface area contributed by atoms with Crippen molar-refractivity contribution < 1.29 is 9.13 Å². The number of rotatable bonds is 6. The van der Waals surface area contributed by atoms with Gasteiger partial charge in [-0.05, 0) is 42.7 Å². The second-order valence-corrected chi connectivity index (χ2v) is 5.70. The summed E-state index contributed by atoms with van der Waals surface area (Å²) >= 11 is 5.97. The number of nitrogens with one attached hydrogen (secondary N) is 1. The van der Waals surface area contributed by atoms with Crippen LogP contribution in [0, 0.1) is 5.82 Å². The number of halogens is 2. The van der Waals surface area contributed by atoms with Crippen LogP contribution in [0.1, 0.15) is 24.0 Å². The van der Waals surface area contributed by atoms with Gasteiger partial charge in [-0.3, -0.25) is 0 Å². The molecule has 0 atom stereocenters. The van der Waals surface area contributed by atoms with E-state index in [9.17, 15) is 4.39 Å². The highest BCUT2D eigenvalue weighted by Gasteiger charge is 2.19. The van der Waals surface area contributed by atoms with Gasteiger partial charge in [-0.1, -0.05) is 29.8 Å². The van der Waals surface area contributed by atoms with Crippen LogP contribution in [0.2, 0.25) is 5.02 Å². The molecule has 4 heteroatoms. The van der Waals surface area contributed by atoms with Crippen molar-refractivity contribution in [1.82, 2.24) is 5.32 Å². The largest absolute Gasteiger partial charge is 0.489 e. The Morgan fingerprint density at radius 2 is 1.90 bits per heavy atom. The molecule has 1 aliphatic carbocycles. The summed E-state index contributed by atoms with van der Waals surface area (Å²) in [7, 11) is 0. The average molecular weight is 306 g/mol. The molecule has 0 heterocycles. The molecule has 2 nitrogen and oxygen atoms in total. The lowest BCUT2D eigenvalue weighted by Crippen LogP contribution is -2.15. The van der Waals surface area contributed by atoms with E-state index in [0.29, 0.717) is 22.4 Å². The monoisotopic (exact) mass is 305 g/mol. The Labute approximate surface area is 128 Å². The van der Waals surface area contributed by atoms with E-state index in [1.54, 1.807) is 12.1 Å². The highest BCUT2D eigenvalue weighted by atomic mass is 35.5. The minimum absolute atomic E-state index is 0.130. The Bertz CT molecular complexity index is 590. The zero-order valence-corrected chi connectivity index (χ0v) is 12.4. The molecule has 0 radical (unpaired) electrons. The topological polar surface area (TPSA) is 21.3 Å². The van der Waals surface area contributed by atoms with E-state index in [1.165, 1.54) is 24.5 Å². The van der Waals surface area contributed by atoms with E-state index in [0.717, 1.165) is 6.54 Å². The Kier molecular flexibility index (Phi) is 4.42. The fraction of sp³-hybridized carbons (Fsp3) is 0.294. The van der Waals surface area contributed by atoms with Crippen molar-refractivity contribution in [3.8, 4) is 5.75 Å². The molecule has 0 spiro atoms. The molecule has 2 aromatic rings. The lowest BCUT2D eigenvalue weighted by Gasteiger charge is -2.09. The second-order valence-electron chi connectivity index (χ2n) is 5.29. The van der Waals surface area contributed by atoms with Gasteiger partial charge in [-0.15, -0.1) is 0 Å². The van der Waals surface area contributed by atoms with Gasteiger partial charge in [-0.25, -0.2) is 4.39 Å². The maximum absolute atomic E-state index is 13.6. The molecule has 1 N–H and O–H groups in total. The molecular weight excluding hydrogens is 289 g/mol. The van der Waals surface area contributed by atoms with Crippen LogP contribution in [0.25, 0.3) is 0 Å². The predicted octanol–water partition coefficient (Wildman–Crippen LogP) is 4.31. The molecule has 1 aliphatic rings. The van der Waals surface area contributed by atoms with E-state index < -0.39 is 0 Å². The summed E-state index contributed by atoms with van der Waals surface area (Å²) in [6, 6.07) is 13.2. The van der Waals surface area contributed by atoms with Crippen LogP contribution in [-0.2, 0) is 13.2 Å². The fourth-order valence-corrected chi connectivity index (χ4v) is 2.30. The third-order valence-electron chi connectivity index (χ3n) is 3.54. The van der Waals surface area contributed by atoms with Crippen LogP contribution >= 0.6 is 11.6 Å². The van der Waals surface area contributed by atoms with Gasteiger partial charge < -0.3 is 10.1 Å². The molecule has 2 aromatic carbocycles. The summed E-state index contributed by atoms with van der Waals surface area (Å²) in [4.78, 5) is 0. The van der Waals surface area contributed by atoms with Gasteiger partial charge in [0.1, 0.15) is 18.2 Å². The van der Waals surface area contributed by atoms with E-state index >= 15 is 0 Å². The molecule has 1 saturated carbocycles. The van der Waals surface area contributed by atoms with Gasteiger partial charge in [0.25, 0.3) is 0 Å². The highest BCUT2D eigenvalue weighted by Crippen LogP contribution is 2.22. The first-order valence-electron chi connectivity index (χ1n) is 7.10. The quantitative estimate of drug-likeness (QED) is 0.858. The van der Waals surface area contributed by atoms with Crippen LogP contribution < -0.4 is 10.1 Å². The predicted molar refractivity (Wildman–Crippen MR) is 82.0 cm³/mol. The molecule has 0 aliphatic heterocycles. The second kappa shape index (κ2) is 6.46. The molecule has 0 unspecified atom stereocenters. The smallest absolute Gasteiger partial charge is 0.131 e. The summed E-state index contributed by atoms with van der Waals surface area (Å²) in [6.07, 6.45) is 2.56. The first kappa shape index (κ1) is 14.4. The fourth-order valence-electron chi connectivity index (χ4n) is 2.08. The molecule has 1 fully saturated rings. The van der Waals surface area contributed by atoms with Crippen LogP contribution in [0.15, 0.2) is 42.5 Å². The van der Waals surface area contributed by atoms with Crippen molar-refractivity contribution in [2.75, 3.05) is 0 Å². The molecule has 0 saturated heterocycles. The van der Waals surface area contributed by atoms with Crippen LogP contribution in [0.3, 0.4) is 0 Å². The average Bonchev–Trinajstić information content (AvgIpc) is 3.30. The summed E-state index contributed by atoms with van der Waals surface area (Å²) in [5.74, 6) is 0.372. The maximum atomic E-state index is 13.6. The molecule has 0 amide bonds. The third-order valence-corrected chi connectivity index (χ3v) is 3.89. The van der Waals surface area contributed by atoms with Crippen LogP contribution in [0.4, 0.5) is 4.39 Å². The van der Waals surface area contributed by atoms with E-state index in [2.05, 4.69) is 5.32 Å². The molecule has 110 valence electrons. The molecule has 21 heavy (non-hydrogen) atoms. The maximum Gasteiger partial charge on any atom is 0.131 e. The molecular formula is C17H17ClFNO. The summed E-state index contributed by atoms with van der Waals surface area (Å²) in [5.41, 5.74) is 1.61. The third kappa shape index (κ3) is 3.96. The van der Waals surface area contributed by atoms with E-state index in [4.69, 9.17) is 16.3 Å². The molecule has 0 bridgehead atoms. The van der Waals surface area contributed by atoms with Crippen LogP contribution in [-0.4, -0.2) is 6.04 Å². The molecule has 0 aromatic heterocycles. The number of hydrogen-bond acceptors (Lipinski definition) is 2. The van der Waals surface area contributed by atoms with Crippen molar-refractivity contribution >= 4 is 11.6 Å². The number of ether oxygens (including phenoxy) is 1. The Hall–Kier alpha value is -1.58. The Morgan fingerprint density at radius 1 is 1.14 bits per heavy atom.